The van der Waals surface area contributed by atoms with Gasteiger partial charge < -0.3 is 30.3 Å². The number of amides is 1. The highest BCUT2D eigenvalue weighted by Gasteiger charge is 2.30. The molecule has 3 N–H and O–H groups in total. The Bertz CT molecular complexity index is 986. The molecule has 0 fully saturated rings. The molecule has 7 nitrogen and oxygen atoms in total. The fraction of sp³-hybridized carbons (Fsp3) is 0.273. The van der Waals surface area contributed by atoms with Crippen molar-refractivity contribution in [1.29, 1.82) is 0 Å². The second kappa shape index (κ2) is 9.04. The van der Waals surface area contributed by atoms with Crippen molar-refractivity contribution in [2.75, 3.05) is 38.5 Å². The number of anilines is 2. The number of benzene rings is 2. The molecule has 0 aliphatic carbocycles. The number of thiocarbonyl (C=S) groups is 1. The Hall–Kier alpha value is -3.26. The Morgan fingerprint density at radius 2 is 1.80 bits per heavy atom. The summed E-state index contributed by atoms with van der Waals surface area (Å²) in [6.45, 7) is 1.84. The van der Waals surface area contributed by atoms with Crippen molar-refractivity contribution in [3.05, 3.63) is 59.3 Å². The van der Waals surface area contributed by atoms with Gasteiger partial charge in [0, 0.05) is 31.5 Å². The van der Waals surface area contributed by atoms with Gasteiger partial charge in [0.2, 0.25) is 0 Å². The third-order valence-electron chi connectivity index (χ3n) is 4.91. The first kappa shape index (κ1) is 21.4. The van der Waals surface area contributed by atoms with Crippen LogP contribution in [0.2, 0.25) is 0 Å². The second-order valence-corrected chi connectivity index (χ2v) is 7.48. The third-order valence-corrected chi connectivity index (χ3v) is 5.13. The molecule has 2 aromatic rings. The molecule has 0 spiro atoms. The quantitative estimate of drug-likeness (QED) is 0.613. The van der Waals surface area contributed by atoms with Crippen LogP contribution in [0, 0.1) is 0 Å². The van der Waals surface area contributed by atoms with Gasteiger partial charge >= 0.3 is 0 Å². The summed E-state index contributed by atoms with van der Waals surface area (Å²) in [6.07, 6.45) is 0. The van der Waals surface area contributed by atoms with E-state index in [1.54, 1.807) is 32.4 Å². The lowest BCUT2D eigenvalue weighted by Gasteiger charge is -2.30. The van der Waals surface area contributed by atoms with E-state index in [0.29, 0.717) is 33.6 Å². The number of hydrogen-bond donors (Lipinski definition) is 3. The maximum Gasteiger partial charge on any atom is 0.255 e. The number of hydrogen-bond acceptors (Lipinski definition) is 5. The Kier molecular flexibility index (Phi) is 6.47. The van der Waals surface area contributed by atoms with Crippen molar-refractivity contribution in [3.63, 3.8) is 0 Å². The van der Waals surface area contributed by atoms with Crippen LogP contribution in [0.1, 0.15) is 18.5 Å². The van der Waals surface area contributed by atoms with Crippen LogP contribution in [0.5, 0.6) is 11.5 Å². The van der Waals surface area contributed by atoms with Gasteiger partial charge in [-0.25, -0.2) is 0 Å². The highest BCUT2D eigenvalue weighted by atomic mass is 32.1. The lowest BCUT2D eigenvalue weighted by molar-refractivity contribution is -0.113. The number of methoxy groups -OCH3 is 2. The number of rotatable bonds is 6. The molecule has 8 heteroatoms. The molecular formula is C22H26N4O3S. The van der Waals surface area contributed by atoms with E-state index in [1.807, 2.05) is 50.2 Å². The molecule has 0 unspecified atom stereocenters. The standard InChI is InChI=1S/C22H26N4O3S/c1-13-19(21(27)24-17-12-16(28-4)10-11-18(17)29-5)20(25-22(30)23-13)14-6-8-15(9-7-14)26(2)3/h6-12,20H,1-5H3,(H,24,27)(H2,23,25,30)/t20-/m0/s1. The highest BCUT2D eigenvalue weighted by Crippen LogP contribution is 2.32. The largest absolute Gasteiger partial charge is 0.497 e. The van der Waals surface area contributed by atoms with E-state index in [9.17, 15) is 4.79 Å². The summed E-state index contributed by atoms with van der Waals surface area (Å²) in [5.41, 5.74) is 3.78. The molecule has 3 rings (SSSR count). The molecule has 1 heterocycles. The first-order chi connectivity index (χ1) is 14.3. The maximum absolute atomic E-state index is 13.3. The Labute approximate surface area is 182 Å². The average Bonchev–Trinajstić information content (AvgIpc) is 2.73. The SMILES string of the molecule is COc1ccc(OC)c(NC(=O)C2=C(C)NC(=S)N[C@H]2c2ccc(N(C)C)cc2)c1. The van der Waals surface area contributed by atoms with Crippen LogP contribution >= 0.6 is 12.2 Å². The molecule has 0 saturated heterocycles. The van der Waals surface area contributed by atoms with Crippen molar-refractivity contribution in [1.82, 2.24) is 10.6 Å². The zero-order valence-corrected chi connectivity index (χ0v) is 18.5. The van der Waals surface area contributed by atoms with Crippen molar-refractivity contribution in [3.8, 4) is 11.5 Å². The minimum Gasteiger partial charge on any atom is -0.497 e. The summed E-state index contributed by atoms with van der Waals surface area (Å²) >= 11 is 5.34. The number of carbonyl (C=O) groups is 1. The van der Waals surface area contributed by atoms with Gasteiger partial charge in [-0.3, -0.25) is 4.79 Å². The topological polar surface area (TPSA) is 74.9 Å². The number of allylic oxidation sites excluding steroid dienone is 1. The first-order valence-corrected chi connectivity index (χ1v) is 9.83. The van der Waals surface area contributed by atoms with E-state index in [4.69, 9.17) is 21.7 Å². The van der Waals surface area contributed by atoms with E-state index in [2.05, 4.69) is 16.0 Å². The molecule has 1 aliphatic rings. The summed E-state index contributed by atoms with van der Waals surface area (Å²) in [5.74, 6) is 0.901. The summed E-state index contributed by atoms with van der Waals surface area (Å²) in [6, 6.07) is 12.9. The van der Waals surface area contributed by atoms with Crippen molar-refractivity contribution >= 4 is 34.6 Å². The van der Waals surface area contributed by atoms with Crippen LogP contribution in [0.25, 0.3) is 0 Å². The van der Waals surface area contributed by atoms with Gasteiger partial charge in [-0.15, -0.1) is 0 Å². The summed E-state index contributed by atoms with van der Waals surface area (Å²) < 4.78 is 10.7. The van der Waals surface area contributed by atoms with E-state index in [1.165, 1.54) is 0 Å². The van der Waals surface area contributed by atoms with Gasteiger partial charge in [-0.05, 0) is 49.0 Å². The molecule has 1 amide bonds. The van der Waals surface area contributed by atoms with Crippen LogP contribution in [0.15, 0.2) is 53.7 Å². The number of nitrogens with one attached hydrogen (secondary N) is 3. The predicted octanol–water partition coefficient (Wildman–Crippen LogP) is 3.20. The molecule has 0 bridgehead atoms. The normalized spacial score (nSPS) is 15.8. The lowest BCUT2D eigenvalue weighted by Crippen LogP contribution is -2.45. The Morgan fingerprint density at radius 3 is 2.40 bits per heavy atom. The van der Waals surface area contributed by atoms with Crippen LogP contribution in [0.3, 0.4) is 0 Å². The molecule has 1 aliphatic heterocycles. The molecule has 2 aromatic carbocycles. The third kappa shape index (κ3) is 4.49. The smallest absolute Gasteiger partial charge is 0.255 e. The van der Waals surface area contributed by atoms with E-state index in [-0.39, 0.29) is 11.9 Å². The molecule has 0 aromatic heterocycles. The molecule has 1 atom stereocenters. The Morgan fingerprint density at radius 1 is 1.10 bits per heavy atom. The van der Waals surface area contributed by atoms with E-state index in [0.717, 1.165) is 11.3 Å². The van der Waals surface area contributed by atoms with Gasteiger partial charge in [0.15, 0.2) is 5.11 Å². The molecule has 0 saturated carbocycles. The van der Waals surface area contributed by atoms with Gasteiger partial charge in [0.25, 0.3) is 5.91 Å². The molecule has 158 valence electrons. The Balaban J connectivity index is 1.95. The highest BCUT2D eigenvalue weighted by molar-refractivity contribution is 7.80. The fourth-order valence-electron chi connectivity index (χ4n) is 3.31. The number of nitrogens with zero attached hydrogens (tertiary/aromatic N) is 1. The van der Waals surface area contributed by atoms with Crippen molar-refractivity contribution in [2.24, 2.45) is 0 Å². The fourth-order valence-corrected chi connectivity index (χ4v) is 3.58. The predicted molar refractivity (Wildman–Crippen MR) is 123 cm³/mol. The minimum atomic E-state index is -0.383. The summed E-state index contributed by atoms with van der Waals surface area (Å²) in [5, 5.41) is 9.69. The molecule has 0 radical (unpaired) electrons. The van der Waals surface area contributed by atoms with E-state index < -0.39 is 0 Å². The summed E-state index contributed by atoms with van der Waals surface area (Å²) in [4.78, 5) is 15.3. The van der Waals surface area contributed by atoms with Crippen LogP contribution in [0.4, 0.5) is 11.4 Å². The van der Waals surface area contributed by atoms with Gasteiger partial charge in [-0.2, -0.15) is 0 Å². The zero-order chi connectivity index (χ0) is 21.8. The zero-order valence-electron chi connectivity index (χ0n) is 17.7. The average molecular weight is 427 g/mol. The van der Waals surface area contributed by atoms with Crippen LogP contribution in [-0.4, -0.2) is 39.3 Å². The van der Waals surface area contributed by atoms with Gasteiger partial charge in [0.05, 0.1) is 31.5 Å². The van der Waals surface area contributed by atoms with Gasteiger partial charge in [-0.1, -0.05) is 12.1 Å². The van der Waals surface area contributed by atoms with E-state index >= 15 is 0 Å². The monoisotopic (exact) mass is 426 g/mol. The summed E-state index contributed by atoms with van der Waals surface area (Å²) in [7, 11) is 7.09. The van der Waals surface area contributed by atoms with Crippen molar-refractivity contribution in [2.45, 2.75) is 13.0 Å². The van der Waals surface area contributed by atoms with Crippen molar-refractivity contribution < 1.29 is 14.3 Å². The van der Waals surface area contributed by atoms with Crippen LogP contribution in [-0.2, 0) is 4.79 Å². The maximum atomic E-state index is 13.3. The van der Waals surface area contributed by atoms with Crippen LogP contribution < -0.4 is 30.3 Å². The number of carbonyl (C=O) groups excluding carboxylic acids is 1. The molecular weight excluding hydrogens is 400 g/mol. The first-order valence-electron chi connectivity index (χ1n) is 9.43. The minimum absolute atomic E-state index is 0.261. The molecule has 30 heavy (non-hydrogen) atoms. The lowest BCUT2D eigenvalue weighted by atomic mass is 9.94. The second-order valence-electron chi connectivity index (χ2n) is 7.08. The van der Waals surface area contributed by atoms with Gasteiger partial charge in [0.1, 0.15) is 11.5 Å². The number of ether oxygens (including phenoxy) is 2.